The van der Waals surface area contributed by atoms with Crippen LogP contribution in [0, 0.1) is 0 Å². The molecule has 6 nitrogen and oxygen atoms in total. The van der Waals surface area contributed by atoms with E-state index >= 15 is 0 Å². The van der Waals surface area contributed by atoms with Gasteiger partial charge in [-0.3, -0.25) is 14.1 Å². The smallest absolute Gasteiger partial charge is 0.255 e. The number of anilines is 2. The molecule has 2 aromatic carbocycles. The molecule has 1 aliphatic heterocycles. The van der Waals surface area contributed by atoms with Crippen LogP contribution in [0.25, 0.3) is 10.9 Å². The Morgan fingerprint density at radius 2 is 1.82 bits per heavy atom. The van der Waals surface area contributed by atoms with Crippen molar-refractivity contribution in [2.45, 2.75) is 19.3 Å². The Balaban J connectivity index is 1.52. The van der Waals surface area contributed by atoms with Crippen LogP contribution in [-0.4, -0.2) is 31.6 Å². The van der Waals surface area contributed by atoms with Gasteiger partial charge in [0.15, 0.2) is 0 Å². The van der Waals surface area contributed by atoms with Gasteiger partial charge in [0.2, 0.25) is 10.0 Å². The molecule has 0 atom stereocenters. The maximum Gasteiger partial charge on any atom is 0.255 e. The van der Waals surface area contributed by atoms with E-state index in [0.29, 0.717) is 29.9 Å². The number of carbonyl (C=O) groups excluding carboxylic acids is 1. The lowest BCUT2D eigenvalue weighted by molar-refractivity contribution is 0.102. The molecule has 1 aliphatic rings. The lowest BCUT2D eigenvalue weighted by atomic mass is 10.1. The van der Waals surface area contributed by atoms with Gasteiger partial charge in [-0.2, -0.15) is 0 Å². The van der Waals surface area contributed by atoms with Crippen LogP contribution in [0.4, 0.5) is 11.4 Å². The van der Waals surface area contributed by atoms with Crippen molar-refractivity contribution in [1.82, 2.24) is 4.98 Å². The van der Waals surface area contributed by atoms with E-state index in [1.54, 1.807) is 30.5 Å². The van der Waals surface area contributed by atoms with Crippen molar-refractivity contribution in [2.75, 3.05) is 21.9 Å². The van der Waals surface area contributed by atoms with Crippen LogP contribution in [0.15, 0.2) is 60.8 Å². The minimum absolute atomic E-state index is 0.172. The third-order valence-electron chi connectivity index (χ3n) is 4.88. The number of pyridine rings is 1. The molecule has 7 heteroatoms. The van der Waals surface area contributed by atoms with Crippen LogP contribution in [0.2, 0.25) is 0 Å². The average molecular weight is 395 g/mol. The molecular formula is C21H21N3O3S. The van der Waals surface area contributed by atoms with E-state index in [1.165, 1.54) is 4.31 Å². The third-order valence-corrected chi connectivity index (χ3v) is 6.75. The first-order chi connectivity index (χ1) is 13.5. The summed E-state index contributed by atoms with van der Waals surface area (Å²) in [5, 5.41) is 3.87. The highest BCUT2D eigenvalue weighted by Crippen LogP contribution is 2.24. The Kier molecular flexibility index (Phi) is 5.00. The van der Waals surface area contributed by atoms with Crippen molar-refractivity contribution < 1.29 is 13.2 Å². The number of nitrogens with zero attached hydrogens (tertiary/aromatic N) is 2. The monoisotopic (exact) mass is 395 g/mol. The molecule has 144 valence electrons. The molecule has 1 saturated heterocycles. The Bertz CT molecular complexity index is 1110. The van der Waals surface area contributed by atoms with Crippen molar-refractivity contribution in [3.05, 3.63) is 66.4 Å². The van der Waals surface area contributed by atoms with Crippen LogP contribution < -0.4 is 9.62 Å². The normalized spacial score (nSPS) is 16.5. The molecule has 0 radical (unpaired) electrons. The third kappa shape index (κ3) is 3.84. The molecule has 0 spiro atoms. The molecule has 28 heavy (non-hydrogen) atoms. The molecule has 0 saturated carbocycles. The lowest BCUT2D eigenvalue weighted by Gasteiger charge is -2.22. The second-order valence-corrected chi connectivity index (χ2v) is 8.87. The zero-order chi connectivity index (χ0) is 19.6. The SMILES string of the molecule is O=C(Nc1ccc2cccnc2c1)c1ccc(N2CCCCCS2(=O)=O)cc1. The number of carbonyl (C=O) groups is 1. The van der Waals surface area contributed by atoms with Gasteiger partial charge in [-0.05, 0) is 55.3 Å². The molecule has 0 unspecified atom stereocenters. The zero-order valence-electron chi connectivity index (χ0n) is 15.3. The van der Waals surface area contributed by atoms with Gasteiger partial charge in [0.05, 0.1) is 17.0 Å². The van der Waals surface area contributed by atoms with Gasteiger partial charge >= 0.3 is 0 Å². The van der Waals surface area contributed by atoms with Crippen LogP contribution in [0.1, 0.15) is 29.6 Å². The molecule has 3 aromatic rings. The summed E-state index contributed by atoms with van der Waals surface area (Å²) in [5.41, 5.74) is 2.54. The molecule has 1 N–H and O–H groups in total. The fraction of sp³-hybridized carbons (Fsp3) is 0.238. The molecular weight excluding hydrogens is 374 g/mol. The van der Waals surface area contributed by atoms with Gasteiger partial charge in [0.1, 0.15) is 0 Å². The highest BCUT2D eigenvalue weighted by Gasteiger charge is 2.24. The van der Waals surface area contributed by atoms with Gasteiger partial charge in [-0.15, -0.1) is 0 Å². The van der Waals surface area contributed by atoms with E-state index in [2.05, 4.69) is 10.3 Å². The predicted molar refractivity (Wildman–Crippen MR) is 111 cm³/mol. The zero-order valence-corrected chi connectivity index (χ0v) is 16.2. The molecule has 2 heterocycles. The van der Waals surface area contributed by atoms with Crippen molar-refractivity contribution >= 4 is 38.2 Å². The molecule has 0 aliphatic carbocycles. The Morgan fingerprint density at radius 3 is 2.64 bits per heavy atom. The summed E-state index contributed by atoms with van der Waals surface area (Å²) in [5.74, 6) is -0.0776. The van der Waals surface area contributed by atoms with Crippen LogP contribution in [-0.2, 0) is 10.0 Å². The maximum absolute atomic E-state index is 12.6. The van der Waals surface area contributed by atoms with Crippen LogP contribution in [0.5, 0.6) is 0 Å². The Labute approximate surface area is 164 Å². The van der Waals surface area contributed by atoms with Crippen LogP contribution >= 0.6 is 0 Å². The topological polar surface area (TPSA) is 79.4 Å². The number of nitrogens with one attached hydrogen (secondary N) is 1. The first-order valence-electron chi connectivity index (χ1n) is 9.30. The largest absolute Gasteiger partial charge is 0.322 e. The van der Waals surface area contributed by atoms with Crippen molar-refractivity contribution in [3.63, 3.8) is 0 Å². The molecule has 0 bridgehead atoms. The first kappa shape index (κ1) is 18.4. The second kappa shape index (κ2) is 7.59. The standard InChI is InChI=1S/C21H21N3O3S/c25-21(23-18-9-6-16-5-4-12-22-20(16)15-18)17-7-10-19(11-8-17)24-13-2-1-3-14-28(24,26)27/h4-12,15H,1-3,13-14H2,(H,23,25). The van der Waals surface area contributed by atoms with E-state index < -0.39 is 10.0 Å². The lowest BCUT2D eigenvalue weighted by Crippen LogP contribution is -2.32. The Morgan fingerprint density at radius 1 is 1.00 bits per heavy atom. The minimum atomic E-state index is -3.29. The summed E-state index contributed by atoms with van der Waals surface area (Å²) < 4.78 is 26.3. The number of amides is 1. The molecule has 4 rings (SSSR count). The quantitative estimate of drug-likeness (QED) is 0.731. The van der Waals surface area contributed by atoms with E-state index in [-0.39, 0.29) is 11.7 Å². The number of fused-ring (bicyclic) bond motifs is 1. The number of aromatic nitrogens is 1. The van der Waals surface area contributed by atoms with Gasteiger partial charge in [-0.1, -0.05) is 18.6 Å². The Hall–Kier alpha value is -2.93. The van der Waals surface area contributed by atoms with E-state index in [9.17, 15) is 13.2 Å². The molecule has 1 amide bonds. The number of rotatable bonds is 3. The maximum atomic E-state index is 12.6. The van der Waals surface area contributed by atoms with Crippen molar-refractivity contribution in [3.8, 4) is 0 Å². The number of hydrogen-bond acceptors (Lipinski definition) is 4. The number of sulfonamides is 1. The summed E-state index contributed by atoms with van der Waals surface area (Å²) in [6.07, 6.45) is 4.16. The van der Waals surface area contributed by atoms with Crippen LogP contribution in [0.3, 0.4) is 0 Å². The summed E-state index contributed by atoms with van der Waals surface area (Å²) in [4.78, 5) is 16.8. The van der Waals surface area contributed by atoms with Gasteiger partial charge in [0, 0.05) is 29.4 Å². The highest BCUT2D eigenvalue weighted by molar-refractivity contribution is 7.92. The fourth-order valence-electron chi connectivity index (χ4n) is 3.38. The van der Waals surface area contributed by atoms with Gasteiger partial charge < -0.3 is 5.32 Å². The number of benzene rings is 2. The summed E-state index contributed by atoms with van der Waals surface area (Å²) in [6.45, 7) is 0.484. The van der Waals surface area contributed by atoms with Crippen molar-refractivity contribution in [1.29, 1.82) is 0 Å². The van der Waals surface area contributed by atoms with Gasteiger partial charge in [0.25, 0.3) is 5.91 Å². The van der Waals surface area contributed by atoms with E-state index in [0.717, 1.165) is 23.7 Å². The second-order valence-electron chi connectivity index (χ2n) is 6.86. The summed E-state index contributed by atoms with van der Waals surface area (Å²) >= 11 is 0. The average Bonchev–Trinajstić information content (AvgIpc) is 2.88. The van der Waals surface area contributed by atoms with E-state index in [4.69, 9.17) is 0 Å². The minimum Gasteiger partial charge on any atom is -0.322 e. The van der Waals surface area contributed by atoms with E-state index in [1.807, 2.05) is 30.3 Å². The first-order valence-corrected chi connectivity index (χ1v) is 10.9. The summed E-state index contributed by atoms with van der Waals surface area (Å²) in [6, 6.07) is 16.1. The molecule has 1 fully saturated rings. The van der Waals surface area contributed by atoms with Gasteiger partial charge in [-0.25, -0.2) is 8.42 Å². The number of hydrogen-bond donors (Lipinski definition) is 1. The molecule has 1 aromatic heterocycles. The van der Waals surface area contributed by atoms with Crippen molar-refractivity contribution in [2.24, 2.45) is 0 Å². The highest BCUT2D eigenvalue weighted by atomic mass is 32.2. The predicted octanol–water partition coefficient (Wildman–Crippen LogP) is 3.81. The summed E-state index contributed by atoms with van der Waals surface area (Å²) in [7, 11) is -3.29. The fourth-order valence-corrected chi connectivity index (χ4v) is 5.02.